The average Bonchev–Trinajstić information content (AvgIpc) is 2.85. The minimum absolute atomic E-state index is 0.0224. The Morgan fingerprint density at radius 1 is 1.08 bits per heavy atom. The molecular weight excluding hydrogens is 316 g/mol. The van der Waals surface area contributed by atoms with Crippen molar-refractivity contribution in [3.8, 4) is 0 Å². The van der Waals surface area contributed by atoms with Gasteiger partial charge in [-0.2, -0.15) is 4.98 Å². The van der Waals surface area contributed by atoms with E-state index in [1.165, 1.54) is 10.3 Å². The predicted octanol–water partition coefficient (Wildman–Crippen LogP) is 1.60. The van der Waals surface area contributed by atoms with Crippen LogP contribution in [0.25, 0.3) is 0 Å². The molecule has 132 valence electrons. The van der Waals surface area contributed by atoms with Gasteiger partial charge >= 0.3 is 5.69 Å². The first-order chi connectivity index (χ1) is 12.0. The van der Waals surface area contributed by atoms with Gasteiger partial charge in [-0.1, -0.05) is 18.2 Å². The van der Waals surface area contributed by atoms with Gasteiger partial charge in [0.25, 0.3) is 0 Å². The third kappa shape index (κ3) is 4.07. The molecular formula is C19H24N4O2. The number of nitrogens with zero attached hydrogens (tertiary/aromatic N) is 4. The lowest BCUT2D eigenvalue weighted by molar-refractivity contribution is -0.131. The Morgan fingerprint density at radius 3 is 2.56 bits per heavy atom. The van der Waals surface area contributed by atoms with Crippen LogP contribution in [-0.4, -0.2) is 46.5 Å². The van der Waals surface area contributed by atoms with Crippen LogP contribution >= 0.6 is 0 Å². The van der Waals surface area contributed by atoms with Crippen LogP contribution in [0.3, 0.4) is 0 Å². The van der Waals surface area contributed by atoms with E-state index in [2.05, 4.69) is 22.0 Å². The van der Waals surface area contributed by atoms with E-state index in [1.54, 1.807) is 6.92 Å². The Labute approximate surface area is 147 Å². The van der Waals surface area contributed by atoms with Gasteiger partial charge in [-0.15, -0.1) is 0 Å². The monoisotopic (exact) mass is 340 g/mol. The summed E-state index contributed by atoms with van der Waals surface area (Å²) in [5.74, 6) is -0.0224. The summed E-state index contributed by atoms with van der Waals surface area (Å²) in [4.78, 5) is 32.8. The van der Waals surface area contributed by atoms with Gasteiger partial charge in [0, 0.05) is 43.3 Å². The Bertz CT molecular complexity index is 801. The second-order valence-electron chi connectivity index (χ2n) is 6.46. The zero-order chi connectivity index (χ0) is 17.8. The first-order valence-electron chi connectivity index (χ1n) is 8.67. The van der Waals surface area contributed by atoms with Crippen LogP contribution in [0.4, 0.5) is 5.69 Å². The number of hydrogen-bond donors (Lipinski definition) is 0. The Kier molecular flexibility index (Phi) is 5.16. The molecule has 2 aromatic rings. The minimum Gasteiger partial charge on any atom is -0.370 e. The van der Waals surface area contributed by atoms with Crippen molar-refractivity contribution in [2.24, 2.45) is 0 Å². The maximum Gasteiger partial charge on any atom is 0.348 e. The largest absolute Gasteiger partial charge is 0.370 e. The molecule has 0 N–H and O–H groups in total. The van der Waals surface area contributed by atoms with Crippen molar-refractivity contribution in [1.82, 2.24) is 14.5 Å². The SMILES string of the molecule is Cc1cc(C)n(CC(=O)N2CCCN(c3ccccc3)CC2)c(=O)n1. The van der Waals surface area contributed by atoms with Crippen molar-refractivity contribution in [3.05, 3.63) is 58.3 Å². The zero-order valence-corrected chi connectivity index (χ0v) is 14.8. The number of amides is 1. The molecule has 0 aliphatic carbocycles. The molecule has 0 radical (unpaired) electrons. The summed E-state index contributed by atoms with van der Waals surface area (Å²) in [7, 11) is 0. The number of carbonyl (C=O) groups is 1. The van der Waals surface area contributed by atoms with E-state index in [-0.39, 0.29) is 18.1 Å². The van der Waals surface area contributed by atoms with Crippen LogP contribution in [0, 0.1) is 13.8 Å². The molecule has 6 heteroatoms. The van der Waals surface area contributed by atoms with Gasteiger partial charge in [0.15, 0.2) is 0 Å². The molecule has 1 aromatic carbocycles. The number of para-hydroxylation sites is 1. The summed E-state index contributed by atoms with van der Waals surface area (Å²) in [5.41, 5.74) is 2.28. The standard InChI is InChI=1S/C19H24N4O2/c1-15-13-16(2)23(19(25)20-15)14-18(24)22-10-6-9-21(11-12-22)17-7-4-3-5-8-17/h3-5,7-8,13H,6,9-12,14H2,1-2H3. The highest BCUT2D eigenvalue weighted by atomic mass is 16.2. The van der Waals surface area contributed by atoms with Crippen LogP contribution in [0.5, 0.6) is 0 Å². The van der Waals surface area contributed by atoms with Gasteiger partial charge in [0.05, 0.1) is 0 Å². The molecule has 0 bridgehead atoms. The Morgan fingerprint density at radius 2 is 1.84 bits per heavy atom. The van der Waals surface area contributed by atoms with Gasteiger partial charge in [-0.3, -0.25) is 9.36 Å². The van der Waals surface area contributed by atoms with E-state index >= 15 is 0 Å². The highest BCUT2D eigenvalue weighted by Gasteiger charge is 2.20. The zero-order valence-electron chi connectivity index (χ0n) is 14.8. The summed E-state index contributed by atoms with van der Waals surface area (Å²) in [6.45, 7) is 6.80. The van der Waals surface area contributed by atoms with E-state index in [0.29, 0.717) is 12.2 Å². The van der Waals surface area contributed by atoms with Crippen molar-refractivity contribution in [2.75, 3.05) is 31.1 Å². The van der Waals surface area contributed by atoms with Crippen molar-refractivity contribution in [3.63, 3.8) is 0 Å². The van der Waals surface area contributed by atoms with Gasteiger partial charge in [-0.05, 0) is 38.5 Å². The molecule has 6 nitrogen and oxygen atoms in total. The van der Waals surface area contributed by atoms with E-state index in [1.807, 2.05) is 36.1 Å². The summed E-state index contributed by atoms with van der Waals surface area (Å²) in [6.07, 6.45) is 0.917. The van der Waals surface area contributed by atoms with Crippen LogP contribution in [0.1, 0.15) is 17.8 Å². The molecule has 1 aliphatic rings. The second kappa shape index (κ2) is 7.51. The fraction of sp³-hybridized carbons (Fsp3) is 0.421. The number of aromatic nitrogens is 2. The van der Waals surface area contributed by atoms with Crippen LogP contribution in [0.15, 0.2) is 41.2 Å². The van der Waals surface area contributed by atoms with E-state index in [0.717, 1.165) is 31.7 Å². The third-order valence-corrected chi connectivity index (χ3v) is 4.61. The quantitative estimate of drug-likeness (QED) is 0.852. The number of aryl methyl sites for hydroxylation is 2. The normalized spacial score (nSPS) is 15.1. The molecule has 2 heterocycles. The van der Waals surface area contributed by atoms with Gasteiger partial charge in [0.1, 0.15) is 6.54 Å². The highest BCUT2D eigenvalue weighted by molar-refractivity contribution is 5.76. The lowest BCUT2D eigenvalue weighted by Gasteiger charge is -2.24. The number of rotatable bonds is 3. The van der Waals surface area contributed by atoms with Crippen molar-refractivity contribution >= 4 is 11.6 Å². The van der Waals surface area contributed by atoms with Gasteiger partial charge in [-0.25, -0.2) is 4.79 Å². The fourth-order valence-corrected chi connectivity index (χ4v) is 3.27. The smallest absolute Gasteiger partial charge is 0.348 e. The van der Waals surface area contributed by atoms with E-state index < -0.39 is 0 Å². The summed E-state index contributed by atoms with van der Waals surface area (Å²) < 4.78 is 1.45. The van der Waals surface area contributed by atoms with E-state index in [4.69, 9.17) is 0 Å². The number of anilines is 1. The summed E-state index contributed by atoms with van der Waals surface area (Å²) >= 11 is 0. The lowest BCUT2D eigenvalue weighted by atomic mass is 10.3. The van der Waals surface area contributed by atoms with Gasteiger partial charge < -0.3 is 9.80 Å². The molecule has 0 unspecified atom stereocenters. The molecule has 1 amide bonds. The molecule has 0 saturated carbocycles. The topological polar surface area (TPSA) is 58.4 Å². The van der Waals surface area contributed by atoms with Crippen LogP contribution in [-0.2, 0) is 11.3 Å². The van der Waals surface area contributed by atoms with Crippen molar-refractivity contribution < 1.29 is 4.79 Å². The second-order valence-corrected chi connectivity index (χ2v) is 6.46. The molecule has 1 aromatic heterocycles. The number of hydrogen-bond acceptors (Lipinski definition) is 4. The average molecular weight is 340 g/mol. The highest BCUT2D eigenvalue weighted by Crippen LogP contribution is 2.16. The predicted molar refractivity (Wildman–Crippen MR) is 97.8 cm³/mol. The first-order valence-corrected chi connectivity index (χ1v) is 8.67. The minimum atomic E-state index is -0.355. The molecule has 1 fully saturated rings. The summed E-state index contributed by atoms with van der Waals surface area (Å²) in [5, 5.41) is 0. The molecule has 3 rings (SSSR count). The van der Waals surface area contributed by atoms with Crippen LogP contribution in [0.2, 0.25) is 0 Å². The Balaban J connectivity index is 1.67. The van der Waals surface area contributed by atoms with Crippen LogP contribution < -0.4 is 10.6 Å². The maximum atomic E-state index is 12.7. The molecule has 25 heavy (non-hydrogen) atoms. The van der Waals surface area contributed by atoms with Gasteiger partial charge in [0.2, 0.25) is 5.91 Å². The first kappa shape index (κ1) is 17.2. The third-order valence-electron chi connectivity index (χ3n) is 4.61. The lowest BCUT2D eigenvalue weighted by Crippen LogP contribution is -2.40. The summed E-state index contributed by atoms with van der Waals surface area (Å²) in [6, 6.07) is 12.1. The molecule has 1 saturated heterocycles. The molecule has 1 aliphatic heterocycles. The molecule has 0 atom stereocenters. The molecule has 0 spiro atoms. The Hall–Kier alpha value is -2.63. The van der Waals surface area contributed by atoms with Crippen molar-refractivity contribution in [2.45, 2.75) is 26.8 Å². The number of carbonyl (C=O) groups excluding carboxylic acids is 1. The van der Waals surface area contributed by atoms with Crippen molar-refractivity contribution in [1.29, 1.82) is 0 Å². The van der Waals surface area contributed by atoms with E-state index in [9.17, 15) is 9.59 Å². The maximum absolute atomic E-state index is 12.7. The number of benzene rings is 1. The fourth-order valence-electron chi connectivity index (χ4n) is 3.27.